The van der Waals surface area contributed by atoms with Crippen molar-refractivity contribution >= 4 is 11.6 Å². The Morgan fingerprint density at radius 3 is 2.27 bits per heavy atom. The summed E-state index contributed by atoms with van der Waals surface area (Å²) in [6.45, 7) is 9.94. The number of likely N-dealkylation sites (N-methyl/N-ethyl adjacent to an activating group) is 1. The summed E-state index contributed by atoms with van der Waals surface area (Å²) in [6.07, 6.45) is -0.0159. The van der Waals surface area contributed by atoms with Crippen LogP contribution in [-0.4, -0.2) is 60.1 Å². The van der Waals surface area contributed by atoms with Crippen molar-refractivity contribution in [3.8, 4) is 0 Å². The minimum atomic E-state index is -0.482. The van der Waals surface area contributed by atoms with Crippen LogP contribution < -0.4 is 5.32 Å². The molecule has 0 saturated carbocycles. The fourth-order valence-electron chi connectivity index (χ4n) is 2.68. The normalized spacial score (nSPS) is 18.1. The number of hydrogen-bond donors (Lipinski definition) is 2. The number of carbonyl (C=O) groups excluding carboxylic acids is 1. The lowest BCUT2D eigenvalue weighted by Crippen LogP contribution is -2.47. The number of carbonyl (C=O) groups is 1. The van der Waals surface area contributed by atoms with Crippen LogP contribution in [0.5, 0.6) is 0 Å². The number of piperazine rings is 1. The van der Waals surface area contributed by atoms with Crippen molar-refractivity contribution in [3.05, 3.63) is 29.8 Å². The summed E-state index contributed by atoms with van der Waals surface area (Å²) in [7, 11) is 0. The highest BCUT2D eigenvalue weighted by molar-refractivity contribution is 5.90. The molecule has 122 valence electrons. The number of aliphatic hydroxyl groups is 1. The zero-order chi connectivity index (χ0) is 15.9. The molecule has 1 aliphatic rings. The fourth-order valence-corrected chi connectivity index (χ4v) is 2.68. The van der Waals surface area contributed by atoms with Crippen molar-refractivity contribution in [1.29, 1.82) is 0 Å². The van der Waals surface area contributed by atoms with Gasteiger partial charge in [0.25, 0.3) is 0 Å². The van der Waals surface area contributed by atoms with E-state index in [4.69, 9.17) is 0 Å². The maximum absolute atomic E-state index is 11.3. The lowest BCUT2D eigenvalue weighted by Gasteiger charge is -2.35. The molecule has 1 unspecified atom stereocenters. The van der Waals surface area contributed by atoms with Gasteiger partial charge in [-0.25, -0.2) is 0 Å². The first-order chi connectivity index (χ1) is 10.6. The highest BCUT2D eigenvalue weighted by atomic mass is 16.3. The highest BCUT2D eigenvalue weighted by Crippen LogP contribution is 2.18. The van der Waals surface area contributed by atoms with Crippen LogP contribution in [0.3, 0.4) is 0 Å². The van der Waals surface area contributed by atoms with Gasteiger partial charge in [0.2, 0.25) is 5.91 Å². The molecule has 1 saturated heterocycles. The number of nitrogens with one attached hydrogen (secondary N) is 1. The first-order valence-corrected chi connectivity index (χ1v) is 8.15. The molecule has 2 rings (SSSR count). The second kappa shape index (κ2) is 8.27. The van der Waals surface area contributed by atoms with Gasteiger partial charge in [0.1, 0.15) is 0 Å². The summed E-state index contributed by atoms with van der Waals surface area (Å²) in [4.78, 5) is 16.1. The third kappa shape index (κ3) is 4.80. The van der Waals surface area contributed by atoms with Gasteiger partial charge < -0.3 is 15.3 Å². The smallest absolute Gasteiger partial charge is 0.224 e. The molecule has 0 radical (unpaired) electrons. The molecule has 1 heterocycles. The Labute approximate surface area is 132 Å². The lowest BCUT2D eigenvalue weighted by atomic mass is 10.1. The second-order valence-corrected chi connectivity index (χ2v) is 5.77. The number of β-amino-alcohol motifs (C(OH)–C–C–N with tert-alkyl or cyclic N) is 1. The topological polar surface area (TPSA) is 55.8 Å². The Balaban J connectivity index is 1.84. The van der Waals surface area contributed by atoms with Gasteiger partial charge in [-0.2, -0.15) is 0 Å². The van der Waals surface area contributed by atoms with Gasteiger partial charge in [0.15, 0.2) is 0 Å². The molecule has 1 atom stereocenters. The van der Waals surface area contributed by atoms with E-state index in [0.717, 1.165) is 44.0 Å². The molecule has 0 aliphatic carbocycles. The molecular formula is C17H27N3O2. The van der Waals surface area contributed by atoms with E-state index in [-0.39, 0.29) is 5.91 Å². The Bertz CT molecular complexity index is 467. The van der Waals surface area contributed by atoms with Crippen LogP contribution in [0, 0.1) is 0 Å². The summed E-state index contributed by atoms with van der Waals surface area (Å²) in [5, 5.41) is 13.2. The average Bonchev–Trinajstić information content (AvgIpc) is 2.56. The van der Waals surface area contributed by atoms with Gasteiger partial charge in [-0.1, -0.05) is 26.0 Å². The summed E-state index contributed by atoms with van der Waals surface area (Å²) in [5.74, 6) is 0.00194. The molecule has 0 bridgehead atoms. The fraction of sp³-hybridized carbons (Fsp3) is 0.588. The SMILES string of the molecule is CCC(=O)Nc1ccc(C(O)CN2CCN(CC)CC2)cc1. The van der Waals surface area contributed by atoms with Gasteiger partial charge in [-0.05, 0) is 24.2 Å². The largest absolute Gasteiger partial charge is 0.387 e. The molecule has 0 aromatic heterocycles. The van der Waals surface area contributed by atoms with Crippen LogP contribution in [0.1, 0.15) is 31.9 Å². The van der Waals surface area contributed by atoms with Crippen LogP contribution in [0.4, 0.5) is 5.69 Å². The van der Waals surface area contributed by atoms with Crippen molar-refractivity contribution in [2.24, 2.45) is 0 Å². The van der Waals surface area contributed by atoms with Gasteiger partial charge in [0, 0.05) is 44.8 Å². The summed E-state index contributed by atoms with van der Waals surface area (Å²) >= 11 is 0. The van der Waals surface area contributed by atoms with E-state index in [2.05, 4.69) is 22.0 Å². The van der Waals surface area contributed by atoms with Crippen LogP contribution >= 0.6 is 0 Å². The van der Waals surface area contributed by atoms with E-state index in [1.807, 2.05) is 31.2 Å². The van der Waals surface area contributed by atoms with Crippen LogP contribution in [0.15, 0.2) is 24.3 Å². The molecule has 1 aliphatic heterocycles. The third-order valence-electron chi connectivity index (χ3n) is 4.24. The first-order valence-electron chi connectivity index (χ1n) is 8.15. The minimum Gasteiger partial charge on any atom is -0.387 e. The maximum atomic E-state index is 11.3. The molecular weight excluding hydrogens is 278 g/mol. The van der Waals surface area contributed by atoms with Crippen molar-refractivity contribution in [3.63, 3.8) is 0 Å². The quantitative estimate of drug-likeness (QED) is 0.840. The standard InChI is InChI=1S/C17H27N3O2/c1-3-17(22)18-15-7-5-14(6-8-15)16(21)13-20-11-9-19(4-2)10-12-20/h5-8,16,21H,3-4,9-13H2,1-2H3,(H,18,22). The third-order valence-corrected chi connectivity index (χ3v) is 4.24. The Morgan fingerprint density at radius 1 is 1.14 bits per heavy atom. The van der Waals surface area contributed by atoms with Crippen LogP contribution in [0.25, 0.3) is 0 Å². The number of hydrogen-bond acceptors (Lipinski definition) is 4. The van der Waals surface area contributed by atoms with Crippen LogP contribution in [0.2, 0.25) is 0 Å². The summed E-state index contributed by atoms with van der Waals surface area (Å²) in [6, 6.07) is 7.47. The molecule has 22 heavy (non-hydrogen) atoms. The number of rotatable bonds is 6. The number of anilines is 1. The average molecular weight is 305 g/mol. The molecule has 1 aromatic carbocycles. The van der Waals surface area contributed by atoms with E-state index in [1.54, 1.807) is 0 Å². The number of amides is 1. The molecule has 5 nitrogen and oxygen atoms in total. The second-order valence-electron chi connectivity index (χ2n) is 5.77. The summed E-state index contributed by atoms with van der Waals surface area (Å²) in [5.41, 5.74) is 1.67. The van der Waals surface area contributed by atoms with Gasteiger partial charge >= 0.3 is 0 Å². The van der Waals surface area contributed by atoms with E-state index in [9.17, 15) is 9.90 Å². The lowest BCUT2D eigenvalue weighted by molar-refractivity contribution is -0.115. The van der Waals surface area contributed by atoms with Crippen molar-refractivity contribution in [2.75, 3.05) is 44.6 Å². The molecule has 2 N–H and O–H groups in total. The van der Waals surface area contributed by atoms with E-state index >= 15 is 0 Å². The Kier molecular flexibility index (Phi) is 6.36. The highest BCUT2D eigenvalue weighted by Gasteiger charge is 2.18. The van der Waals surface area contributed by atoms with Crippen molar-refractivity contribution in [2.45, 2.75) is 26.4 Å². The first kappa shape index (κ1) is 16.9. The van der Waals surface area contributed by atoms with Crippen molar-refractivity contribution in [1.82, 2.24) is 9.80 Å². The predicted molar refractivity (Wildman–Crippen MR) is 88.9 cm³/mol. The number of benzene rings is 1. The molecule has 5 heteroatoms. The zero-order valence-electron chi connectivity index (χ0n) is 13.6. The van der Waals surface area contributed by atoms with E-state index < -0.39 is 6.10 Å². The molecule has 1 aromatic rings. The maximum Gasteiger partial charge on any atom is 0.224 e. The van der Waals surface area contributed by atoms with E-state index in [0.29, 0.717) is 13.0 Å². The number of aliphatic hydroxyl groups excluding tert-OH is 1. The monoisotopic (exact) mass is 305 g/mol. The Morgan fingerprint density at radius 2 is 1.73 bits per heavy atom. The Hall–Kier alpha value is -1.43. The number of nitrogens with zero attached hydrogens (tertiary/aromatic N) is 2. The van der Waals surface area contributed by atoms with Gasteiger partial charge in [0.05, 0.1) is 6.10 Å². The van der Waals surface area contributed by atoms with Crippen LogP contribution in [-0.2, 0) is 4.79 Å². The predicted octanol–water partition coefficient (Wildman–Crippen LogP) is 1.71. The molecule has 0 spiro atoms. The van der Waals surface area contributed by atoms with E-state index in [1.165, 1.54) is 0 Å². The summed E-state index contributed by atoms with van der Waals surface area (Å²) < 4.78 is 0. The van der Waals surface area contributed by atoms with Gasteiger partial charge in [-0.15, -0.1) is 0 Å². The minimum absolute atomic E-state index is 0.00194. The van der Waals surface area contributed by atoms with Gasteiger partial charge in [-0.3, -0.25) is 9.69 Å². The van der Waals surface area contributed by atoms with Crippen molar-refractivity contribution < 1.29 is 9.90 Å². The molecule has 1 amide bonds. The molecule has 1 fully saturated rings. The zero-order valence-corrected chi connectivity index (χ0v) is 13.6.